The van der Waals surface area contributed by atoms with Gasteiger partial charge in [-0.05, 0) is 24.6 Å². The summed E-state index contributed by atoms with van der Waals surface area (Å²) in [4.78, 5) is 11.3. The second kappa shape index (κ2) is 4.54. The molecule has 4 nitrogen and oxygen atoms in total. The van der Waals surface area contributed by atoms with Gasteiger partial charge in [0.2, 0.25) is 5.92 Å². The lowest BCUT2D eigenvalue weighted by molar-refractivity contribution is -0.150. The number of halogens is 2. The molecule has 1 aliphatic rings. The SMILES string of the molecule is O=C(O)C1CC(F)(F)CCC1c1cc2ccccn2n1. The quantitative estimate of drug-likeness (QED) is 0.920. The van der Waals surface area contributed by atoms with Crippen LogP contribution in [0.3, 0.4) is 0 Å². The number of carbonyl (C=O) groups is 1. The molecule has 3 rings (SSSR count). The molecule has 0 bridgehead atoms. The molecule has 2 heterocycles. The third-order valence-corrected chi connectivity index (χ3v) is 3.91. The average molecular weight is 280 g/mol. The molecule has 106 valence electrons. The van der Waals surface area contributed by atoms with Crippen molar-refractivity contribution in [3.63, 3.8) is 0 Å². The maximum Gasteiger partial charge on any atom is 0.307 e. The van der Waals surface area contributed by atoms with Crippen molar-refractivity contribution in [3.05, 3.63) is 36.2 Å². The van der Waals surface area contributed by atoms with Crippen molar-refractivity contribution in [2.75, 3.05) is 0 Å². The minimum atomic E-state index is -2.89. The lowest BCUT2D eigenvalue weighted by atomic mass is 9.76. The number of carboxylic acids is 1. The largest absolute Gasteiger partial charge is 0.481 e. The number of fused-ring (bicyclic) bond motifs is 1. The molecule has 6 heteroatoms. The number of aliphatic carboxylic acids is 1. The standard InChI is InChI=1S/C14H14F2N2O2/c15-14(16)5-4-10(11(8-14)13(19)20)12-7-9-3-1-2-6-18(9)17-12/h1-3,6-7,10-11H,4-5,8H2,(H,19,20). The molecule has 0 amide bonds. The number of carboxylic acid groups (broad SMARTS) is 1. The van der Waals surface area contributed by atoms with Crippen molar-refractivity contribution in [1.29, 1.82) is 0 Å². The summed E-state index contributed by atoms with van der Waals surface area (Å²) < 4.78 is 28.5. The van der Waals surface area contributed by atoms with E-state index in [2.05, 4.69) is 5.10 Å². The fraction of sp³-hybridized carbons (Fsp3) is 0.429. The smallest absolute Gasteiger partial charge is 0.307 e. The van der Waals surface area contributed by atoms with E-state index in [0.29, 0.717) is 5.69 Å². The molecule has 2 unspecified atom stereocenters. The number of hydrogen-bond donors (Lipinski definition) is 1. The lowest BCUT2D eigenvalue weighted by Gasteiger charge is -2.32. The van der Waals surface area contributed by atoms with Gasteiger partial charge in [0.1, 0.15) is 0 Å². The maximum absolute atomic E-state index is 13.4. The molecule has 1 aliphatic carbocycles. The highest BCUT2D eigenvalue weighted by molar-refractivity contribution is 5.71. The Morgan fingerprint density at radius 2 is 2.25 bits per heavy atom. The summed E-state index contributed by atoms with van der Waals surface area (Å²) in [6, 6.07) is 7.30. The van der Waals surface area contributed by atoms with E-state index in [1.807, 2.05) is 18.2 Å². The summed E-state index contributed by atoms with van der Waals surface area (Å²) in [6.07, 6.45) is 1.01. The van der Waals surface area contributed by atoms with Crippen molar-refractivity contribution in [1.82, 2.24) is 9.61 Å². The van der Waals surface area contributed by atoms with E-state index in [4.69, 9.17) is 0 Å². The zero-order chi connectivity index (χ0) is 14.3. The van der Waals surface area contributed by atoms with Crippen molar-refractivity contribution in [2.24, 2.45) is 5.92 Å². The molecule has 0 saturated heterocycles. The van der Waals surface area contributed by atoms with Crippen LogP contribution in [0.25, 0.3) is 5.52 Å². The van der Waals surface area contributed by atoms with Crippen molar-refractivity contribution in [3.8, 4) is 0 Å². The van der Waals surface area contributed by atoms with Gasteiger partial charge in [-0.1, -0.05) is 6.07 Å². The number of nitrogens with zero attached hydrogens (tertiary/aromatic N) is 2. The van der Waals surface area contributed by atoms with Gasteiger partial charge in [-0.3, -0.25) is 4.79 Å². The summed E-state index contributed by atoms with van der Waals surface area (Å²) in [6.45, 7) is 0. The number of pyridine rings is 1. The molecule has 0 radical (unpaired) electrons. The zero-order valence-corrected chi connectivity index (χ0v) is 10.7. The van der Waals surface area contributed by atoms with Crippen LogP contribution in [-0.2, 0) is 4.79 Å². The molecule has 1 N–H and O–H groups in total. The minimum Gasteiger partial charge on any atom is -0.481 e. The van der Waals surface area contributed by atoms with Crippen molar-refractivity contribution in [2.45, 2.75) is 31.1 Å². The predicted molar refractivity (Wildman–Crippen MR) is 67.9 cm³/mol. The molecular weight excluding hydrogens is 266 g/mol. The second-order valence-electron chi connectivity index (χ2n) is 5.29. The van der Waals surface area contributed by atoms with Crippen LogP contribution in [-0.4, -0.2) is 26.6 Å². The van der Waals surface area contributed by atoms with Crippen LogP contribution in [0.5, 0.6) is 0 Å². The van der Waals surface area contributed by atoms with Crippen molar-refractivity contribution < 1.29 is 18.7 Å². The fourth-order valence-electron chi connectivity index (χ4n) is 2.89. The second-order valence-corrected chi connectivity index (χ2v) is 5.29. The summed E-state index contributed by atoms with van der Waals surface area (Å²) in [7, 11) is 0. The number of hydrogen-bond acceptors (Lipinski definition) is 2. The molecular formula is C14H14F2N2O2. The van der Waals surface area contributed by atoms with E-state index < -0.39 is 30.1 Å². The average Bonchev–Trinajstić information content (AvgIpc) is 2.81. The van der Waals surface area contributed by atoms with Gasteiger partial charge in [0.25, 0.3) is 0 Å². The van der Waals surface area contributed by atoms with Gasteiger partial charge in [-0.2, -0.15) is 5.10 Å². The highest BCUT2D eigenvalue weighted by Gasteiger charge is 2.45. The van der Waals surface area contributed by atoms with E-state index in [9.17, 15) is 18.7 Å². The van der Waals surface area contributed by atoms with Crippen LogP contribution in [0.1, 0.15) is 30.9 Å². The van der Waals surface area contributed by atoms with Gasteiger partial charge in [0.15, 0.2) is 0 Å². The van der Waals surface area contributed by atoms with E-state index in [1.54, 1.807) is 16.8 Å². The highest BCUT2D eigenvalue weighted by atomic mass is 19.3. The van der Waals surface area contributed by atoms with E-state index in [0.717, 1.165) is 5.52 Å². The molecule has 1 fully saturated rings. The van der Waals surface area contributed by atoms with Gasteiger partial charge in [-0.25, -0.2) is 13.3 Å². The summed E-state index contributed by atoms with van der Waals surface area (Å²) in [5, 5.41) is 13.5. The minimum absolute atomic E-state index is 0.147. The van der Waals surface area contributed by atoms with Gasteiger partial charge >= 0.3 is 5.97 Å². The third-order valence-electron chi connectivity index (χ3n) is 3.91. The topological polar surface area (TPSA) is 54.6 Å². The van der Waals surface area contributed by atoms with E-state index >= 15 is 0 Å². The Balaban J connectivity index is 1.97. The molecule has 0 spiro atoms. The van der Waals surface area contributed by atoms with Crippen LogP contribution in [0.4, 0.5) is 8.78 Å². The first-order chi connectivity index (χ1) is 9.46. The Kier molecular flexibility index (Phi) is 2.96. The highest BCUT2D eigenvalue weighted by Crippen LogP contribution is 2.44. The third kappa shape index (κ3) is 2.26. The first-order valence-corrected chi connectivity index (χ1v) is 6.51. The van der Waals surface area contributed by atoms with Crippen LogP contribution >= 0.6 is 0 Å². The normalized spacial score (nSPS) is 25.7. The molecule has 0 aromatic carbocycles. The van der Waals surface area contributed by atoms with Crippen LogP contribution in [0, 0.1) is 5.92 Å². The fourth-order valence-corrected chi connectivity index (χ4v) is 2.89. The first kappa shape index (κ1) is 13.0. The van der Waals surface area contributed by atoms with Crippen LogP contribution in [0.15, 0.2) is 30.5 Å². The van der Waals surface area contributed by atoms with Gasteiger partial charge in [0.05, 0.1) is 17.1 Å². The predicted octanol–water partition coefficient (Wildman–Crippen LogP) is 2.94. The number of rotatable bonds is 2. The molecule has 1 saturated carbocycles. The number of aromatic nitrogens is 2. The summed E-state index contributed by atoms with van der Waals surface area (Å²) in [5.74, 6) is -5.60. The van der Waals surface area contributed by atoms with Crippen LogP contribution < -0.4 is 0 Å². The van der Waals surface area contributed by atoms with Crippen LogP contribution in [0.2, 0.25) is 0 Å². The Labute approximate surface area is 114 Å². The lowest BCUT2D eigenvalue weighted by Crippen LogP contribution is -2.35. The molecule has 20 heavy (non-hydrogen) atoms. The van der Waals surface area contributed by atoms with Gasteiger partial charge in [0, 0.05) is 25.0 Å². The molecule has 2 atom stereocenters. The summed E-state index contributed by atoms with van der Waals surface area (Å²) >= 11 is 0. The van der Waals surface area contributed by atoms with Gasteiger partial charge in [-0.15, -0.1) is 0 Å². The molecule has 2 aromatic heterocycles. The Hall–Kier alpha value is -1.98. The maximum atomic E-state index is 13.4. The zero-order valence-electron chi connectivity index (χ0n) is 10.7. The van der Waals surface area contributed by atoms with Gasteiger partial charge < -0.3 is 5.11 Å². The monoisotopic (exact) mass is 280 g/mol. The summed E-state index contributed by atoms with van der Waals surface area (Å²) in [5.41, 5.74) is 1.42. The Morgan fingerprint density at radius 1 is 1.45 bits per heavy atom. The molecule has 2 aromatic rings. The van der Waals surface area contributed by atoms with E-state index in [1.165, 1.54) is 0 Å². The Morgan fingerprint density at radius 3 is 2.95 bits per heavy atom. The Bertz CT molecular complexity index is 620. The first-order valence-electron chi connectivity index (χ1n) is 6.51. The molecule has 0 aliphatic heterocycles. The number of alkyl halides is 2. The van der Waals surface area contributed by atoms with E-state index in [-0.39, 0.29) is 12.8 Å². The van der Waals surface area contributed by atoms with Crippen molar-refractivity contribution >= 4 is 11.5 Å².